The zero-order valence-electron chi connectivity index (χ0n) is 18.3. The highest BCUT2D eigenvalue weighted by atomic mass is 16.5. The third kappa shape index (κ3) is 3.91. The maximum atomic E-state index is 13.5. The van der Waals surface area contributed by atoms with Crippen molar-refractivity contribution in [3.63, 3.8) is 0 Å². The number of hydrogen-bond donors (Lipinski definition) is 2. The van der Waals surface area contributed by atoms with Crippen LogP contribution < -0.4 is 14.8 Å². The van der Waals surface area contributed by atoms with Crippen LogP contribution in [0, 0.1) is 0 Å². The lowest BCUT2D eigenvalue weighted by Gasteiger charge is -2.40. The average molecular weight is 434 g/mol. The predicted octanol–water partition coefficient (Wildman–Crippen LogP) is 2.70. The van der Waals surface area contributed by atoms with Gasteiger partial charge >= 0.3 is 0 Å². The van der Waals surface area contributed by atoms with Crippen LogP contribution in [0.1, 0.15) is 39.1 Å². The number of ether oxygens (including phenoxy) is 2. The van der Waals surface area contributed by atoms with E-state index in [0.717, 1.165) is 16.8 Å². The molecule has 0 spiro atoms. The Morgan fingerprint density at radius 1 is 1.16 bits per heavy atom. The quantitative estimate of drug-likeness (QED) is 0.596. The van der Waals surface area contributed by atoms with Gasteiger partial charge < -0.3 is 24.7 Å². The number of nitrogens with zero attached hydrogens (tertiary/aromatic N) is 2. The van der Waals surface area contributed by atoms with Crippen LogP contribution >= 0.6 is 0 Å². The summed E-state index contributed by atoms with van der Waals surface area (Å²) in [4.78, 5) is 35.3. The van der Waals surface area contributed by atoms with Crippen molar-refractivity contribution in [1.29, 1.82) is 0 Å². The zero-order chi connectivity index (χ0) is 22.7. The Hall–Kier alpha value is -3.81. The first-order chi connectivity index (χ1) is 15.5. The second-order valence-corrected chi connectivity index (χ2v) is 7.66. The van der Waals surface area contributed by atoms with Gasteiger partial charge in [-0.2, -0.15) is 0 Å². The van der Waals surface area contributed by atoms with E-state index in [1.807, 2.05) is 30.3 Å². The highest BCUT2D eigenvalue weighted by molar-refractivity contribution is 6.01. The zero-order valence-corrected chi connectivity index (χ0v) is 18.3. The van der Waals surface area contributed by atoms with Crippen molar-refractivity contribution in [3.8, 4) is 11.5 Å². The molecule has 166 valence electrons. The summed E-state index contributed by atoms with van der Waals surface area (Å²) in [5.74, 6) is 0.289. The average Bonchev–Trinajstić information content (AvgIpc) is 3.34. The summed E-state index contributed by atoms with van der Waals surface area (Å²) in [6, 6.07) is 12.3. The first-order valence-electron chi connectivity index (χ1n) is 10.4. The second-order valence-electron chi connectivity index (χ2n) is 7.66. The summed E-state index contributed by atoms with van der Waals surface area (Å²) in [5, 5.41) is 3.04. The van der Waals surface area contributed by atoms with Crippen LogP contribution in [0.15, 0.2) is 55.0 Å². The van der Waals surface area contributed by atoms with Gasteiger partial charge in [0.05, 0.1) is 32.5 Å². The fourth-order valence-corrected chi connectivity index (χ4v) is 4.26. The highest BCUT2D eigenvalue weighted by Gasteiger charge is 2.42. The lowest BCUT2D eigenvalue weighted by molar-refractivity contribution is -0.124. The number of imidazole rings is 1. The smallest absolute Gasteiger partial charge is 0.254 e. The fourth-order valence-electron chi connectivity index (χ4n) is 4.26. The van der Waals surface area contributed by atoms with Gasteiger partial charge in [-0.3, -0.25) is 9.59 Å². The number of amides is 2. The number of hydrogen-bond acceptors (Lipinski definition) is 5. The number of aromatic nitrogens is 2. The van der Waals surface area contributed by atoms with Gasteiger partial charge in [0.1, 0.15) is 0 Å². The molecular weight excluding hydrogens is 408 g/mol. The SMILES string of the molecule is COc1ccc([C@@H]2[C@@H](C(=O)NCCc3cnc[nH]3)c3ccccc3C(=O)N2C)cc1OC. The minimum Gasteiger partial charge on any atom is -0.493 e. The number of likely N-dealkylation sites (N-methyl/N-ethyl adjacent to an activating group) is 1. The minimum atomic E-state index is -0.575. The van der Waals surface area contributed by atoms with Gasteiger partial charge in [-0.05, 0) is 29.3 Å². The van der Waals surface area contributed by atoms with Crippen molar-refractivity contribution in [2.75, 3.05) is 27.8 Å². The largest absolute Gasteiger partial charge is 0.493 e. The van der Waals surface area contributed by atoms with Crippen molar-refractivity contribution in [1.82, 2.24) is 20.2 Å². The van der Waals surface area contributed by atoms with Crippen molar-refractivity contribution >= 4 is 11.8 Å². The van der Waals surface area contributed by atoms with Crippen LogP contribution in [0.4, 0.5) is 0 Å². The summed E-state index contributed by atoms with van der Waals surface area (Å²) < 4.78 is 10.8. The molecule has 0 unspecified atom stereocenters. The predicted molar refractivity (Wildman–Crippen MR) is 119 cm³/mol. The fraction of sp³-hybridized carbons (Fsp3) is 0.292. The van der Waals surface area contributed by atoms with Gasteiger partial charge in [-0.1, -0.05) is 24.3 Å². The van der Waals surface area contributed by atoms with Gasteiger partial charge in [-0.15, -0.1) is 0 Å². The summed E-state index contributed by atoms with van der Waals surface area (Å²) in [6.07, 6.45) is 3.99. The molecule has 0 bridgehead atoms. The summed E-state index contributed by atoms with van der Waals surface area (Å²) in [5.41, 5.74) is 3.00. The number of nitrogens with one attached hydrogen (secondary N) is 2. The number of H-pyrrole nitrogens is 1. The van der Waals surface area contributed by atoms with E-state index in [0.29, 0.717) is 30.0 Å². The monoisotopic (exact) mass is 434 g/mol. The number of aromatic amines is 1. The van der Waals surface area contributed by atoms with Crippen LogP contribution in [-0.4, -0.2) is 54.5 Å². The maximum Gasteiger partial charge on any atom is 0.254 e. The summed E-state index contributed by atoms with van der Waals surface area (Å²) >= 11 is 0. The molecular formula is C24H26N4O4. The Morgan fingerprint density at radius 2 is 1.94 bits per heavy atom. The molecule has 0 saturated carbocycles. The lowest BCUT2D eigenvalue weighted by Crippen LogP contribution is -2.46. The van der Waals surface area contributed by atoms with E-state index in [1.165, 1.54) is 0 Å². The first kappa shape index (κ1) is 21.4. The number of carbonyl (C=O) groups excluding carboxylic acids is 2. The molecule has 8 nitrogen and oxygen atoms in total. The molecule has 8 heteroatoms. The molecule has 1 aromatic heterocycles. The Labute approximate surface area is 186 Å². The molecule has 2 N–H and O–H groups in total. The Morgan fingerprint density at radius 3 is 2.66 bits per heavy atom. The topological polar surface area (TPSA) is 96.5 Å². The van der Waals surface area contributed by atoms with Gasteiger partial charge in [0, 0.05) is 37.5 Å². The molecule has 4 rings (SSSR count). The number of rotatable bonds is 7. The second kappa shape index (κ2) is 9.13. The van der Waals surface area contributed by atoms with E-state index in [9.17, 15) is 9.59 Å². The minimum absolute atomic E-state index is 0.123. The van der Waals surface area contributed by atoms with Crippen molar-refractivity contribution in [2.45, 2.75) is 18.4 Å². The molecule has 0 aliphatic carbocycles. The molecule has 2 heterocycles. The molecule has 2 aromatic carbocycles. The highest BCUT2D eigenvalue weighted by Crippen LogP contribution is 2.43. The number of benzene rings is 2. The Kier molecular flexibility index (Phi) is 6.11. The molecule has 2 amide bonds. The lowest BCUT2D eigenvalue weighted by atomic mass is 9.79. The number of fused-ring (bicyclic) bond motifs is 1. The maximum absolute atomic E-state index is 13.5. The third-order valence-electron chi connectivity index (χ3n) is 5.86. The number of methoxy groups -OCH3 is 2. The molecule has 1 aliphatic rings. The van der Waals surface area contributed by atoms with Crippen LogP contribution in [0.25, 0.3) is 0 Å². The van der Waals surface area contributed by atoms with Gasteiger partial charge in [0.15, 0.2) is 11.5 Å². The van der Waals surface area contributed by atoms with E-state index < -0.39 is 12.0 Å². The van der Waals surface area contributed by atoms with Crippen LogP contribution in [0.3, 0.4) is 0 Å². The molecule has 3 aromatic rings. The Balaban J connectivity index is 1.71. The van der Waals surface area contributed by atoms with E-state index in [-0.39, 0.29) is 11.8 Å². The van der Waals surface area contributed by atoms with Crippen LogP contribution in [0.5, 0.6) is 11.5 Å². The third-order valence-corrected chi connectivity index (χ3v) is 5.86. The molecule has 1 aliphatic heterocycles. The van der Waals surface area contributed by atoms with Crippen molar-refractivity contribution in [2.24, 2.45) is 0 Å². The normalized spacial score (nSPS) is 17.6. The molecule has 0 fully saturated rings. The first-order valence-corrected chi connectivity index (χ1v) is 10.4. The molecule has 0 radical (unpaired) electrons. The standard InChI is InChI=1S/C24H26N4O4/c1-28-22(15-8-9-19(31-2)20(12-15)32-3)21(17-6-4-5-7-18(17)24(28)30)23(29)26-11-10-16-13-25-14-27-16/h4-9,12-14,21-22H,10-11H2,1-3H3,(H,25,27)(H,26,29)/t21-,22+/m0/s1. The number of carbonyl (C=O) groups is 2. The van der Waals surface area contributed by atoms with Crippen LogP contribution in [0.2, 0.25) is 0 Å². The molecule has 0 saturated heterocycles. The van der Waals surface area contributed by atoms with Gasteiger partial charge in [0.25, 0.3) is 5.91 Å². The summed E-state index contributed by atoms with van der Waals surface area (Å²) in [6.45, 7) is 0.454. The van der Waals surface area contributed by atoms with E-state index in [1.54, 1.807) is 50.8 Å². The van der Waals surface area contributed by atoms with E-state index >= 15 is 0 Å². The molecule has 32 heavy (non-hydrogen) atoms. The summed E-state index contributed by atoms with van der Waals surface area (Å²) in [7, 11) is 4.86. The van der Waals surface area contributed by atoms with Gasteiger partial charge in [0.2, 0.25) is 5.91 Å². The van der Waals surface area contributed by atoms with E-state index in [4.69, 9.17) is 9.47 Å². The van der Waals surface area contributed by atoms with Crippen molar-refractivity contribution < 1.29 is 19.1 Å². The molecule has 2 atom stereocenters. The van der Waals surface area contributed by atoms with Crippen LogP contribution in [-0.2, 0) is 11.2 Å². The Bertz CT molecular complexity index is 1110. The van der Waals surface area contributed by atoms with Crippen molar-refractivity contribution in [3.05, 3.63) is 77.4 Å². The van der Waals surface area contributed by atoms with Gasteiger partial charge in [-0.25, -0.2) is 4.98 Å². The van der Waals surface area contributed by atoms with E-state index in [2.05, 4.69) is 15.3 Å².